The van der Waals surface area contributed by atoms with Crippen molar-refractivity contribution >= 4 is 8.70 Å². The summed E-state index contributed by atoms with van der Waals surface area (Å²) < 4.78 is 3.66. The molecule has 2 heteroatoms. The molecule has 0 unspecified atom stereocenters. The first-order valence-corrected chi connectivity index (χ1v) is 17.2. The Balaban J connectivity index is 1.92. The van der Waals surface area contributed by atoms with E-state index in [1.165, 1.54) is 35.2 Å². The maximum atomic E-state index is 2.51. The van der Waals surface area contributed by atoms with E-state index < -0.39 is 20.4 Å². The van der Waals surface area contributed by atoms with Crippen LogP contribution in [0.15, 0.2) is 64.0 Å². The van der Waals surface area contributed by atoms with Crippen LogP contribution >= 0.6 is 0 Å². The summed E-state index contributed by atoms with van der Waals surface area (Å²) in [7, 11) is 0. The third-order valence-electron chi connectivity index (χ3n) is 5.42. The summed E-state index contributed by atoms with van der Waals surface area (Å²) in [6.07, 6.45) is 9.55. The molecule has 2 aromatic rings. The Kier molecular flexibility index (Phi) is 4.88. The maximum absolute atomic E-state index is 2.51. The van der Waals surface area contributed by atoms with Gasteiger partial charge in [-0.2, -0.15) is 0 Å². The van der Waals surface area contributed by atoms with Crippen molar-refractivity contribution in [2.75, 3.05) is 0 Å². The first-order valence-electron chi connectivity index (χ1n) is 9.12. The van der Waals surface area contributed by atoms with E-state index in [0.29, 0.717) is 0 Å². The second-order valence-electron chi connectivity index (χ2n) is 6.68. The third-order valence-corrected chi connectivity index (χ3v) is 26.7. The van der Waals surface area contributed by atoms with E-state index in [2.05, 4.69) is 74.5 Å². The van der Waals surface area contributed by atoms with E-state index in [1.54, 1.807) is 5.56 Å². The molecular weight excluding hydrogens is 384 g/mol. The predicted molar refractivity (Wildman–Crippen MR) is 103 cm³/mol. The molecular formula is C22H24SiZr. The zero-order chi connectivity index (χ0) is 16.5. The molecule has 0 atom stereocenters. The van der Waals surface area contributed by atoms with Crippen molar-refractivity contribution in [3.8, 4) is 11.1 Å². The summed E-state index contributed by atoms with van der Waals surface area (Å²) in [4.78, 5) is 0. The van der Waals surface area contributed by atoms with Gasteiger partial charge >= 0.3 is 154 Å². The Morgan fingerprint density at radius 2 is 1.75 bits per heavy atom. The van der Waals surface area contributed by atoms with Crippen LogP contribution in [0, 0.1) is 0 Å². The summed E-state index contributed by atoms with van der Waals surface area (Å²) in [5, 5.41) is 0. The van der Waals surface area contributed by atoms with Crippen LogP contribution in [0.25, 0.3) is 11.1 Å². The molecule has 0 spiro atoms. The molecule has 0 amide bonds. The molecule has 2 aliphatic carbocycles. The SMILES string of the molecule is CC[Si](CC)=[Zr]([C]1=CC=CC1)[c]1cccc2c1Cc1ccccc1-2. The topological polar surface area (TPSA) is 0 Å². The van der Waals surface area contributed by atoms with Crippen LogP contribution in [0.3, 0.4) is 0 Å². The number of rotatable bonds is 4. The monoisotopic (exact) mass is 406 g/mol. The fraction of sp³-hybridized carbons (Fsp3) is 0.273. The average molecular weight is 408 g/mol. The van der Waals surface area contributed by atoms with Crippen molar-refractivity contribution < 1.29 is 20.4 Å². The van der Waals surface area contributed by atoms with Crippen LogP contribution in [-0.4, -0.2) is 5.43 Å². The molecule has 0 bridgehead atoms. The second-order valence-corrected chi connectivity index (χ2v) is 22.2. The molecule has 0 N–H and O–H groups in total. The van der Waals surface area contributed by atoms with Gasteiger partial charge in [-0.05, 0) is 0 Å². The Labute approximate surface area is 153 Å². The van der Waals surface area contributed by atoms with Gasteiger partial charge in [0.25, 0.3) is 0 Å². The molecule has 0 saturated carbocycles. The fourth-order valence-electron chi connectivity index (χ4n) is 4.22. The summed E-state index contributed by atoms with van der Waals surface area (Å²) in [5.41, 5.74) is 6.01. The van der Waals surface area contributed by atoms with E-state index in [9.17, 15) is 0 Å². The molecule has 0 fully saturated rings. The van der Waals surface area contributed by atoms with E-state index >= 15 is 0 Å². The van der Waals surface area contributed by atoms with E-state index in [1.807, 2.05) is 6.55 Å². The molecule has 4 rings (SSSR count). The molecule has 2 aliphatic rings. The van der Waals surface area contributed by atoms with Crippen molar-refractivity contribution in [2.45, 2.75) is 38.8 Å². The van der Waals surface area contributed by atoms with Crippen LogP contribution in [0.4, 0.5) is 0 Å². The van der Waals surface area contributed by atoms with Gasteiger partial charge in [0.15, 0.2) is 0 Å². The molecule has 0 nitrogen and oxygen atoms in total. The number of benzene rings is 2. The predicted octanol–water partition coefficient (Wildman–Crippen LogP) is 5.38. The van der Waals surface area contributed by atoms with Crippen LogP contribution in [-0.2, 0) is 26.8 Å². The third kappa shape index (κ3) is 2.78. The standard InChI is InChI=1S/C13H9.C5H5.C4H10Si.Zr/c1-3-7-12-10(5-1)9-11-6-2-4-8-13(11)12;1-2-4-5-3-1;1-3-5-4-2;/h1-5,7-8H,9H2;1-3H,4H2;3-4H2,1-2H3;. The Bertz CT molecular complexity index is 881. The number of fused-ring (bicyclic) bond motifs is 3. The number of hydrogen-bond donors (Lipinski definition) is 0. The van der Waals surface area contributed by atoms with Gasteiger partial charge in [0.05, 0.1) is 0 Å². The van der Waals surface area contributed by atoms with Gasteiger partial charge in [0, 0.05) is 0 Å². The first kappa shape index (κ1) is 16.5. The minimum atomic E-state index is -1.74. The fourth-order valence-corrected chi connectivity index (χ4v) is 24.3. The quantitative estimate of drug-likeness (QED) is 0.510. The molecule has 120 valence electrons. The van der Waals surface area contributed by atoms with Gasteiger partial charge in [-0.1, -0.05) is 0 Å². The van der Waals surface area contributed by atoms with Crippen LogP contribution in [0.5, 0.6) is 0 Å². The van der Waals surface area contributed by atoms with Gasteiger partial charge in [0.1, 0.15) is 0 Å². The van der Waals surface area contributed by atoms with Crippen LogP contribution < -0.4 is 3.27 Å². The Morgan fingerprint density at radius 1 is 0.958 bits per heavy atom. The Hall–Kier alpha value is -0.980. The number of allylic oxidation sites excluding steroid dienone is 4. The molecule has 0 aliphatic heterocycles. The van der Waals surface area contributed by atoms with Gasteiger partial charge in [-0.15, -0.1) is 0 Å². The van der Waals surface area contributed by atoms with Gasteiger partial charge < -0.3 is 0 Å². The molecule has 24 heavy (non-hydrogen) atoms. The summed E-state index contributed by atoms with van der Waals surface area (Å²) >= 11 is -1.74. The summed E-state index contributed by atoms with van der Waals surface area (Å²) in [5.74, 6) is 0. The zero-order valence-corrected chi connectivity index (χ0v) is 18.1. The van der Waals surface area contributed by atoms with E-state index in [4.69, 9.17) is 0 Å². The molecule has 2 aromatic carbocycles. The van der Waals surface area contributed by atoms with Crippen LogP contribution in [0.1, 0.15) is 31.4 Å². The van der Waals surface area contributed by atoms with Crippen molar-refractivity contribution in [3.05, 3.63) is 75.1 Å². The minimum absolute atomic E-state index is 0.216. The summed E-state index contributed by atoms with van der Waals surface area (Å²) in [6.45, 7) is 4.89. The summed E-state index contributed by atoms with van der Waals surface area (Å²) in [6, 6.07) is 19.1. The van der Waals surface area contributed by atoms with Crippen molar-refractivity contribution in [2.24, 2.45) is 0 Å². The van der Waals surface area contributed by atoms with E-state index in [-0.39, 0.29) is 5.43 Å². The van der Waals surface area contributed by atoms with Crippen molar-refractivity contribution in [1.29, 1.82) is 0 Å². The second kappa shape index (κ2) is 7.10. The van der Waals surface area contributed by atoms with Crippen molar-refractivity contribution in [1.82, 2.24) is 0 Å². The Morgan fingerprint density at radius 3 is 2.50 bits per heavy atom. The van der Waals surface area contributed by atoms with Gasteiger partial charge in [0.2, 0.25) is 0 Å². The zero-order valence-electron chi connectivity index (χ0n) is 14.6. The van der Waals surface area contributed by atoms with Crippen LogP contribution in [0.2, 0.25) is 12.1 Å². The molecule has 0 radical (unpaired) electrons. The molecule has 0 saturated heterocycles. The van der Waals surface area contributed by atoms with E-state index in [0.717, 1.165) is 6.42 Å². The number of hydrogen-bond acceptors (Lipinski definition) is 0. The van der Waals surface area contributed by atoms with Crippen molar-refractivity contribution in [3.63, 3.8) is 0 Å². The normalized spacial score (nSPS) is 14.3. The average Bonchev–Trinajstić information content (AvgIpc) is 3.27. The molecule has 0 heterocycles. The van der Waals surface area contributed by atoms with Gasteiger partial charge in [-0.3, -0.25) is 0 Å². The van der Waals surface area contributed by atoms with Gasteiger partial charge in [-0.25, -0.2) is 0 Å². The molecule has 0 aromatic heterocycles. The first-order chi connectivity index (χ1) is 11.8.